The predicted molar refractivity (Wildman–Crippen MR) is 90.7 cm³/mol. The van der Waals surface area contributed by atoms with Crippen molar-refractivity contribution in [1.82, 2.24) is 14.2 Å². The lowest BCUT2D eigenvalue weighted by Gasteiger charge is -2.33. The zero-order chi connectivity index (χ0) is 17.9. The molecule has 0 bridgehead atoms. The number of hydrogen-bond acceptors (Lipinski definition) is 4. The van der Waals surface area contributed by atoms with Crippen molar-refractivity contribution in [2.24, 2.45) is 0 Å². The van der Waals surface area contributed by atoms with Crippen LogP contribution in [0.15, 0.2) is 48.7 Å². The van der Waals surface area contributed by atoms with Crippen LogP contribution in [0.3, 0.4) is 0 Å². The summed E-state index contributed by atoms with van der Waals surface area (Å²) in [7, 11) is -3.51. The van der Waals surface area contributed by atoms with E-state index in [1.807, 2.05) is 0 Å². The number of aromatic nitrogens is 1. The van der Waals surface area contributed by atoms with E-state index < -0.39 is 15.8 Å². The minimum Gasteiger partial charge on any atom is -0.335 e. The van der Waals surface area contributed by atoms with Gasteiger partial charge in [-0.2, -0.15) is 4.31 Å². The summed E-state index contributed by atoms with van der Waals surface area (Å²) >= 11 is 0. The minimum atomic E-state index is -3.51. The molecule has 1 fully saturated rings. The molecular weight excluding hydrogens is 345 g/mol. The maximum absolute atomic E-state index is 12.9. The molecule has 8 heteroatoms. The van der Waals surface area contributed by atoms with Crippen LogP contribution in [0.1, 0.15) is 16.1 Å². The van der Waals surface area contributed by atoms with Crippen molar-refractivity contribution >= 4 is 15.9 Å². The Balaban J connectivity index is 1.61. The molecule has 0 aliphatic carbocycles. The number of halogens is 1. The molecule has 3 rings (SSSR count). The maximum Gasteiger partial charge on any atom is 0.272 e. The zero-order valence-electron chi connectivity index (χ0n) is 13.5. The van der Waals surface area contributed by atoms with E-state index in [1.54, 1.807) is 29.3 Å². The fourth-order valence-electron chi connectivity index (χ4n) is 2.70. The monoisotopic (exact) mass is 363 g/mol. The fourth-order valence-corrected chi connectivity index (χ4v) is 4.22. The Labute approximate surface area is 145 Å². The summed E-state index contributed by atoms with van der Waals surface area (Å²) in [5.74, 6) is -0.777. The number of nitrogens with zero attached hydrogens (tertiary/aromatic N) is 3. The minimum absolute atomic E-state index is 0.179. The van der Waals surface area contributed by atoms with Gasteiger partial charge in [-0.1, -0.05) is 18.2 Å². The number of carbonyl (C=O) groups excluding carboxylic acids is 1. The number of piperazine rings is 1. The number of amides is 1. The van der Waals surface area contributed by atoms with Crippen molar-refractivity contribution in [1.29, 1.82) is 0 Å². The highest BCUT2D eigenvalue weighted by atomic mass is 32.2. The lowest BCUT2D eigenvalue weighted by molar-refractivity contribution is 0.0692. The van der Waals surface area contributed by atoms with Gasteiger partial charge in [-0.25, -0.2) is 12.8 Å². The number of rotatable bonds is 4. The van der Waals surface area contributed by atoms with Gasteiger partial charge in [0.1, 0.15) is 11.5 Å². The van der Waals surface area contributed by atoms with Crippen molar-refractivity contribution in [3.63, 3.8) is 0 Å². The summed E-state index contributed by atoms with van der Waals surface area (Å²) in [5.41, 5.74) is 0.888. The van der Waals surface area contributed by atoms with Gasteiger partial charge in [-0.05, 0) is 29.8 Å². The number of hydrogen-bond donors (Lipinski definition) is 0. The molecule has 0 atom stereocenters. The van der Waals surface area contributed by atoms with Crippen molar-refractivity contribution in [2.75, 3.05) is 26.2 Å². The van der Waals surface area contributed by atoms with E-state index in [2.05, 4.69) is 4.98 Å². The molecule has 1 aliphatic heterocycles. The third-order valence-corrected chi connectivity index (χ3v) is 5.92. The summed E-state index contributed by atoms with van der Waals surface area (Å²) in [6, 6.07) is 10.5. The third-order valence-electron chi connectivity index (χ3n) is 4.07. The molecule has 132 valence electrons. The number of pyridine rings is 1. The van der Waals surface area contributed by atoms with Crippen molar-refractivity contribution in [2.45, 2.75) is 5.75 Å². The van der Waals surface area contributed by atoms with Gasteiger partial charge in [0.2, 0.25) is 10.0 Å². The second-order valence-corrected chi connectivity index (χ2v) is 7.76. The van der Waals surface area contributed by atoms with Crippen LogP contribution in [-0.2, 0) is 15.8 Å². The molecule has 1 saturated heterocycles. The van der Waals surface area contributed by atoms with E-state index >= 15 is 0 Å². The van der Waals surface area contributed by atoms with E-state index in [0.717, 1.165) is 0 Å². The summed E-state index contributed by atoms with van der Waals surface area (Å²) in [6.07, 6.45) is 1.55. The zero-order valence-corrected chi connectivity index (χ0v) is 14.3. The quantitative estimate of drug-likeness (QED) is 0.826. The second-order valence-electron chi connectivity index (χ2n) is 5.79. The lowest BCUT2D eigenvalue weighted by atomic mass is 10.2. The van der Waals surface area contributed by atoms with Crippen LogP contribution in [0.25, 0.3) is 0 Å². The van der Waals surface area contributed by atoms with E-state index in [1.165, 1.54) is 28.6 Å². The number of sulfonamides is 1. The third kappa shape index (κ3) is 4.21. The standard InChI is InChI=1S/C17H18FN3O3S/c18-15-6-4-14(5-7-15)13-25(23,24)21-11-9-20(10-12-21)17(22)16-3-1-2-8-19-16/h1-8H,9-13H2. The molecule has 0 N–H and O–H groups in total. The van der Waals surface area contributed by atoms with Crippen molar-refractivity contribution in [3.8, 4) is 0 Å². The van der Waals surface area contributed by atoms with Crippen LogP contribution in [0.2, 0.25) is 0 Å². The summed E-state index contributed by atoms with van der Waals surface area (Å²) in [4.78, 5) is 18.0. The molecule has 0 saturated carbocycles. The largest absolute Gasteiger partial charge is 0.335 e. The first kappa shape index (κ1) is 17.5. The van der Waals surface area contributed by atoms with Gasteiger partial charge in [0.15, 0.2) is 0 Å². The Hall–Kier alpha value is -2.32. The first-order chi connectivity index (χ1) is 12.0. The molecule has 1 amide bonds. The first-order valence-electron chi connectivity index (χ1n) is 7.88. The van der Waals surface area contributed by atoms with Gasteiger partial charge < -0.3 is 4.90 Å². The van der Waals surface area contributed by atoms with Gasteiger partial charge in [0.25, 0.3) is 5.91 Å². The maximum atomic E-state index is 12.9. The van der Waals surface area contributed by atoms with Gasteiger partial charge in [-0.15, -0.1) is 0 Å². The Bertz CT molecular complexity index is 833. The Kier molecular flexibility index (Phi) is 5.10. The molecule has 0 spiro atoms. The Morgan fingerprint density at radius 1 is 1.04 bits per heavy atom. The van der Waals surface area contributed by atoms with E-state index in [4.69, 9.17) is 0 Å². The van der Waals surface area contributed by atoms with Crippen LogP contribution in [0, 0.1) is 5.82 Å². The SMILES string of the molecule is O=C(c1ccccn1)N1CCN(S(=O)(=O)Cc2ccc(F)cc2)CC1. The van der Waals surface area contributed by atoms with Crippen LogP contribution < -0.4 is 0 Å². The van der Waals surface area contributed by atoms with Crippen LogP contribution >= 0.6 is 0 Å². The molecule has 0 unspecified atom stereocenters. The highest BCUT2D eigenvalue weighted by Crippen LogP contribution is 2.15. The Morgan fingerprint density at radius 2 is 1.72 bits per heavy atom. The summed E-state index contributed by atoms with van der Waals surface area (Å²) in [6.45, 7) is 1.11. The van der Waals surface area contributed by atoms with Crippen molar-refractivity contribution in [3.05, 3.63) is 65.7 Å². The first-order valence-corrected chi connectivity index (χ1v) is 9.49. The topological polar surface area (TPSA) is 70.6 Å². The van der Waals surface area contributed by atoms with E-state index in [0.29, 0.717) is 24.3 Å². The average molecular weight is 363 g/mol. The number of carbonyl (C=O) groups is 1. The van der Waals surface area contributed by atoms with Crippen LogP contribution in [0.4, 0.5) is 4.39 Å². The van der Waals surface area contributed by atoms with Crippen LogP contribution in [-0.4, -0.2) is 54.7 Å². The molecule has 6 nitrogen and oxygen atoms in total. The van der Waals surface area contributed by atoms with E-state index in [-0.39, 0.29) is 24.7 Å². The molecule has 1 aromatic heterocycles. The normalized spacial score (nSPS) is 16.0. The van der Waals surface area contributed by atoms with Gasteiger partial charge in [0, 0.05) is 32.4 Å². The second kappa shape index (κ2) is 7.28. The predicted octanol–water partition coefficient (Wildman–Crippen LogP) is 1.51. The molecule has 1 aromatic carbocycles. The van der Waals surface area contributed by atoms with Crippen LogP contribution in [0.5, 0.6) is 0 Å². The molecule has 25 heavy (non-hydrogen) atoms. The summed E-state index contributed by atoms with van der Waals surface area (Å²) < 4.78 is 39.3. The molecule has 2 heterocycles. The average Bonchev–Trinajstić information content (AvgIpc) is 2.64. The molecule has 0 radical (unpaired) electrons. The highest BCUT2D eigenvalue weighted by molar-refractivity contribution is 7.88. The van der Waals surface area contributed by atoms with Gasteiger partial charge >= 0.3 is 0 Å². The van der Waals surface area contributed by atoms with Gasteiger partial charge in [0.05, 0.1) is 5.75 Å². The number of benzene rings is 1. The molecular formula is C17H18FN3O3S. The fraction of sp³-hybridized carbons (Fsp3) is 0.294. The molecule has 2 aromatic rings. The van der Waals surface area contributed by atoms with Crippen molar-refractivity contribution < 1.29 is 17.6 Å². The highest BCUT2D eigenvalue weighted by Gasteiger charge is 2.29. The Morgan fingerprint density at radius 3 is 2.32 bits per heavy atom. The smallest absolute Gasteiger partial charge is 0.272 e. The lowest BCUT2D eigenvalue weighted by Crippen LogP contribution is -2.50. The summed E-state index contributed by atoms with van der Waals surface area (Å²) in [5, 5.41) is 0. The van der Waals surface area contributed by atoms with E-state index in [9.17, 15) is 17.6 Å². The molecule has 1 aliphatic rings. The van der Waals surface area contributed by atoms with Gasteiger partial charge in [-0.3, -0.25) is 9.78 Å².